The van der Waals surface area contributed by atoms with Crippen LogP contribution in [0.25, 0.3) is 10.9 Å². The quantitative estimate of drug-likeness (QED) is 0.241. The number of aryl methyl sites for hydroxylation is 1. The van der Waals surface area contributed by atoms with E-state index in [1.54, 1.807) is 0 Å². The number of carbonyl (C=O) groups is 5. The van der Waals surface area contributed by atoms with Crippen LogP contribution in [0.5, 0.6) is 0 Å². The Hall–Kier alpha value is -3.69. The van der Waals surface area contributed by atoms with E-state index >= 15 is 0 Å². The number of amides is 2. The highest BCUT2D eigenvalue weighted by Crippen LogP contribution is 2.21. The van der Waals surface area contributed by atoms with E-state index in [1.165, 1.54) is 6.92 Å². The number of carboxylic acid groups (broad SMARTS) is 2. The van der Waals surface area contributed by atoms with Crippen LogP contribution in [0.2, 0.25) is 0 Å². The summed E-state index contributed by atoms with van der Waals surface area (Å²) in [6.45, 7) is 3.35. The topological polar surface area (TPSA) is 166 Å². The van der Waals surface area contributed by atoms with E-state index in [0.29, 0.717) is 19.3 Å². The average molecular weight is 488 g/mol. The fourth-order valence-corrected chi connectivity index (χ4v) is 3.93. The number of unbranched alkanes of at least 4 members (excludes halogenated alkanes) is 1. The Morgan fingerprint density at radius 2 is 1.69 bits per heavy atom. The standard InChI is InChI=1S/C25H33N3O7/c1-15-10-11-18-17(14-26-20(18)12-15)13-21(27-16(2)29)22(30)7-4-3-6-19(25(34)35)28-23(31)8-5-9-24(32)33/h10-12,14,19,21,26H,3-9,13H2,1-2H3,(H,27,29)(H,28,31)(H,32,33)(H,34,35)/t19-,21-/m1/s1. The molecule has 0 bridgehead atoms. The van der Waals surface area contributed by atoms with Crippen molar-refractivity contribution in [1.29, 1.82) is 0 Å². The van der Waals surface area contributed by atoms with E-state index in [9.17, 15) is 29.1 Å². The molecule has 0 spiro atoms. The number of nitrogens with one attached hydrogen (secondary N) is 3. The maximum atomic E-state index is 12.9. The van der Waals surface area contributed by atoms with Gasteiger partial charge in [-0.25, -0.2) is 4.79 Å². The van der Waals surface area contributed by atoms with E-state index in [0.717, 1.165) is 22.0 Å². The van der Waals surface area contributed by atoms with Gasteiger partial charge >= 0.3 is 11.9 Å². The number of carbonyl (C=O) groups excluding carboxylic acids is 3. The van der Waals surface area contributed by atoms with Gasteiger partial charge in [-0.15, -0.1) is 0 Å². The smallest absolute Gasteiger partial charge is 0.326 e. The molecule has 0 aliphatic heterocycles. The first-order chi connectivity index (χ1) is 16.6. The van der Waals surface area contributed by atoms with E-state index < -0.39 is 29.9 Å². The van der Waals surface area contributed by atoms with E-state index in [1.807, 2.05) is 31.3 Å². The predicted octanol–water partition coefficient (Wildman–Crippen LogP) is 2.48. The van der Waals surface area contributed by atoms with Crippen LogP contribution < -0.4 is 10.6 Å². The number of hydrogen-bond donors (Lipinski definition) is 5. The van der Waals surface area contributed by atoms with Crippen molar-refractivity contribution in [1.82, 2.24) is 15.6 Å². The molecule has 2 rings (SSSR count). The maximum absolute atomic E-state index is 12.9. The minimum Gasteiger partial charge on any atom is -0.481 e. The van der Waals surface area contributed by atoms with E-state index in [4.69, 9.17) is 5.11 Å². The molecule has 0 saturated carbocycles. The van der Waals surface area contributed by atoms with Crippen LogP contribution in [0.3, 0.4) is 0 Å². The van der Waals surface area contributed by atoms with Gasteiger partial charge in [-0.3, -0.25) is 19.2 Å². The van der Waals surface area contributed by atoms with Crippen molar-refractivity contribution in [3.05, 3.63) is 35.5 Å². The summed E-state index contributed by atoms with van der Waals surface area (Å²) in [7, 11) is 0. The lowest BCUT2D eigenvalue weighted by Gasteiger charge is -2.17. The Kier molecular flexibility index (Phi) is 10.4. The molecular weight excluding hydrogens is 454 g/mol. The summed E-state index contributed by atoms with van der Waals surface area (Å²) >= 11 is 0. The second-order valence-electron chi connectivity index (χ2n) is 8.74. The Balaban J connectivity index is 1.88. The van der Waals surface area contributed by atoms with Crippen molar-refractivity contribution >= 4 is 40.4 Å². The SMILES string of the molecule is CC(=O)N[C@H](Cc1c[nH]c2cc(C)ccc12)C(=O)CCCC[C@@H](NC(=O)CCCC(=O)O)C(=O)O. The third-order valence-electron chi connectivity index (χ3n) is 5.71. The lowest BCUT2D eigenvalue weighted by atomic mass is 9.97. The minimum atomic E-state index is -1.19. The van der Waals surface area contributed by atoms with E-state index in [-0.39, 0.29) is 43.8 Å². The molecule has 10 heteroatoms. The third kappa shape index (κ3) is 9.23. The van der Waals surface area contributed by atoms with Crippen LogP contribution in [0.1, 0.15) is 63.0 Å². The third-order valence-corrected chi connectivity index (χ3v) is 5.71. The molecule has 2 aromatic rings. The van der Waals surface area contributed by atoms with Crippen molar-refractivity contribution in [3.8, 4) is 0 Å². The molecule has 2 amide bonds. The number of benzene rings is 1. The predicted molar refractivity (Wildman–Crippen MR) is 129 cm³/mol. The maximum Gasteiger partial charge on any atom is 0.326 e. The summed E-state index contributed by atoms with van der Waals surface area (Å²) in [4.78, 5) is 61.6. The van der Waals surface area contributed by atoms with Gasteiger partial charge in [0.1, 0.15) is 6.04 Å². The Labute approximate surface area is 203 Å². The summed E-state index contributed by atoms with van der Waals surface area (Å²) < 4.78 is 0. The molecule has 1 aromatic heterocycles. The normalized spacial score (nSPS) is 12.6. The van der Waals surface area contributed by atoms with Gasteiger partial charge in [0.2, 0.25) is 11.8 Å². The van der Waals surface area contributed by atoms with Gasteiger partial charge in [-0.1, -0.05) is 18.6 Å². The zero-order chi connectivity index (χ0) is 26.0. The highest BCUT2D eigenvalue weighted by Gasteiger charge is 2.23. The fraction of sp³-hybridized carbons (Fsp3) is 0.480. The van der Waals surface area contributed by atoms with Crippen LogP contribution in [-0.4, -0.2) is 56.8 Å². The fourth-order valence-electron chi connectivity index (χ4n) is 3.93. The molecule has 1 heterocycles. The second kappa shape index (κ2) is 13.3. The molecule has 0 saturated heterocycles. The molecule has 0 aliphatic carbocycles. The highest BCUT2D eigenvalue weighted by atomic mass is 16.4. The summed E-state index contributed by atoms with van der Waals surface area (Å²) in [5.41, 5.74) is 2.99. The Bertz CT molecular complexity index is 1080. The summed E-state index contributed by atoms with van der Waals surface area (Å²) in [5.74, 6) is -3.18. The average Bonchev–Trinajstić information content (AvgIpc) is 3.16. The number of H-pyrrole nitrogens is 1. The van der Waals surface area contributed by atoms with Gasteiger partial charge in [0, 0.05) is 49.7 Å². The van der Waals surface area contributed by atoms with Crippen molar-refractivity contribution < 1.29 is 34.2 Å². The number of rotatable bonds is 15. The summed E-state index contributed by atoms with van der Waals surface area (Å²) in [6, 6.07) is 4.17. The zero-order valence-electron chi connectivity index (χ0n) is 20.1. The minimum absolute atomic E-state index is 0.0691. The van der Waals surface area contributed by atoms with Crippen LogP contribution >= 0.6 is 0 Å². The van der Waals surface area contributed by atoms with Crippen LogP contribution in [-0.2, 0) is 30.4 Å². The van der Waals surface area contributed by atoms with Crippen LogP contribution in [0, 0.1) is 6.92 Å². The molecule has 1 aromatic carbocycles. The lowest BCUT2D eigenvalue weighted by molar-refractivity contribution is -0.142. The number of hydrogen-bond acceptors (Lipinski definition) is 5. The number of ketones is 1. The first-order valence-corrected chi connectivity index (χ1v) is 11.7. The lowest BCUT2D eigenvalue weighted by Crippen LogP contribution is -2.41. The van der Waals surface area contributed by atoms with Crippen LogP contribution in [0.15, 0.2) is 24.4 Å². The molecular formula is C25H33N3O7. The number of aromatic amines is 1. The summed E-state index contributed by atoms with van der Waals surface area (Å²) in [5, 5.41) is 24.1. The van der Waals surface area contributed by atoms with Gasteiger partial charge < -0.3 is 25.8 Å². The van der Waals surface area contributed by atoms with Crippen molar-refractivity contribution in [3.63, 3.8) is 0 Å². The number of aromatic nitrogens is 1. The Morgan fingerprint density at radius 3 is 2.34 bits per heavy atom. The molecule has 0 unspecified atom stereocenters. The molecule has 35 heavy (non-hydrogen) atoms. The molecule has 0 fully saturated rings. The number of fused-ring (bicyclic) bond motifs is 1. The van der Waals surface area contributed by atoms with Gasteiger partial charge in [0.15, 0.2) is 5.78 Å². The van der Waals surface area contributed by atoms with Gasteiger partial charge in [0.05, 0.1) is 6.04 Å². The monoisotopic (exact) mass is 487 g/mol. The highest BCUT2D eigenvalue weighted by molar-refractivity contribution is 5.90. The number of aliphatic carboxylic acids is 2. The first-order valence-electron chi connectivity index (χ1n) is 11.7. The molecule has 5 N–H and O–H groups in total. The molecule has 190 valence electrons. The second-order valence-corrected chi connectivity index (χ2v) is 8.74. The summed E-state index contributed by atoms with van der Waals surface area (Å²) in [6.07, 6.45) is 3.15. The largest absolute Gasteiger partial charge is 0.481 e. The van der Waals surface area contributed by atoms with E-state index in [2.05, 4.69) is 15.6 Å². The molecule has 0 aliphatic rings. The molecule has 10 nitrogen and oxygen atoms in total. The number of Topliss-reactive ketones (excluding diaryl/α,β-unsaturated/α-hetero) is 1. The van der Waals surface area contributed by atoms with Crippen LogP contribution in [0.4, 0.5) is 0 Å². The van der Waals surface area contributed by atoms with Gasteiger partial charge in [0.25, 0.3) is 0 Å². The van der Waals surface area contributed by atoms with Gasteiger partial charge in [-0.2, -0.15) is 0 Å². The van der Waals surface area contributed by atoms with Crippen molar-refractivity contribution in [2.45, 2.75) is 77.3 Å². The Morgan fingerprint density at radius 1 is 0.943 bits per heavy atom. The van der Waals surface area contributed by atoms with Crippen molar-refractivity contribution in [2.75, 3.05) is 0 Å². The van der Waals surface area contributed by atoms with Gasteiger partial charge in [-0.05, 0) is 43.4 Å². The zero-order valence-corrected chi connectivity index (χ0v) is 20.1. The molecule has 0 radical (unpaired) electrons. The van der Waals surface area contributed by atoms with Crippen molar-refractivity contribution in [2.24, 2.45) is 0 Å². The molecule has 2 atom stereocenters. The number of carboxylic acids is 2. The first kappa shape index (κ1) is 27.6.